The van der Waals surface area contributed by atoms with E-state index in [2.05, 4.69) is 25.7 Å². The smallest absolute Gasteiger partial charge is 0.358 e. The first-order chi connectivity index (χ1) is 9.60. The van der Waals surface area contributed by atoms with Crippen molar-refractivity contribution in [2.75, 3.05) is 13.7 Å². The number of carbonyl (C=O) groups is 1. The second-order valence-corrected chi connectivity index (χ2v) is 5.10. The Hall–Kier alpha value is -1.89. The van der Waals surface area contributed by atoms with E-state index in [9.17, 15) is 9.18 Å². The van der Waals surface area contributed by atoms with Crippen LogP contribution in [0.5, 0.6) is 5.75 Å². The number of hydrogen-bond acceptors (Lipinski definition) is 4. The number of aromatic nitrogens is 2. The largest absolute Gasteiger partial charge is 0.491 e. The predicted octanol–water partition coefficient (Wildman–Crippen LogP) is 2.63. The summed E-state index contributed by atoms with van der Waals surface area (Å²) in [5.41, 5.74) is 0.849. The Balaban J connectivity index is 2.18. The highest BCUT2D eigenvalue weighted by Gasteiger charge is 2.22. The Morgan fingerprint density at radius 1 is 1.55 bits per heavy atom. The van der Waals surface area contributed by atoms with Crippen molar-refractivity contribution in [3.63, 3.8) is 0 Å². The lowest BCUT2D eigenvalue weighted by atomic mass is 10.2. The molecular weight excluding hydrogens is 331 g/mol. The molecule has 1 aliphatic heterocycles. The molecule has 0 amide bonds. The van der Waals surface area contributed by atoms with Gasteiger partial charge in [0.15, 0.2) is 5.69 Å². The monoisotopic (exact) mass is 340 g/mol. The third kappa shape index (κ3) is 2.07. The van der Waals surface area contributed by atoms with E-state index in [4.69, 9.17) is 4.74 Å². The molecule has 7 heteroatoms. The molecule has 0 unspecified atom stereocenters. The minimum absolute atomic E-state index is 0.218. The van der Waals surface area contributed by atoms with Gasteiger partial charge in [-0.3, -0.25) is 0 Å². The second kappa shape index (κ2) is 4.90. The molecule has 0 saturated heterocycles. The first-order valence-corrected chi connectivity index (χ1v) is 6.67. The molecule has 20 heavy (non-hydrogen) atoms. The highest BCUT2D eigenvalue weighted by molar-refractivity contribution is 9.10. The van der Waals surface area contributed by atoms with Crippen LogP contribution in [-0.2, 0) is 11.3 Å². The molecule has 1 aromatic heterocycles. The number of halogens is 2. The van der Waals surface area contributed by atoms with Crippen molar-refractivity contribution < 1.29 is 18.7 Å². The quantitative estimate of drug-likeness (QED) is 0.749. The van der Waals surface area contributed by atoms with Crippen molar-refractivity contribution in [2.24, 2.45) is 0 Å². The predicted molar refractivity (Wildman–Crippen MR) is 72.2 cm³/mol. The number of ether oxygens (including phenoxy) is 2. The molecule has 5 nitrogen and oxygen atoms in total. The van der Waals surface area contributed by atoms with E-state index in [0.717, 1.165) is 0 Å². The number of esters is 1. The Labute approximate surface area is 122 Å². The number of hydrogen-bond donors (Lipinski definition) is 0. The van der Waals surface area contributed by atoms with Gasteiger partial charge in [-0.05, 0) is 22.0 Å². The summed E-state index contributed by atoms with van der Waals surface area (Å²) >= 11 is 3.14. The zero-order valence-corrected chi connectivity index (χ0v) is 12.1. The summed E-state index contributed by atoms with van der Waals surface area (Å²) in [7, 11) is 1.30. The first-order valence-electron chi connectivity index (χ1n) is 5.88. The molecule has 3 rings (SSSR count). The molecule has 0 N–H and O–H groups in total. The van der Waals surface area contributed by atoms with E-state index in [1.807, 2.05) is 0 Å². The molecule has 1 aromatic carbocycles. The molecule has 0 bridgehead atoms. The Morgan fingerprint density at radius 2 is 2.35 bits per heavy atom. The van der Waals surface area contributed by atoms with Gasteiger partial charge in [-0.25, -0.2) is 14.2 Å². The summed E-state index contributed by atoms with van der Waals surface area (Å²) in [6.07, 6.45) is 1.61. The molecule has 104 valence electrons. The van der Waals surface area contributed by atoms with Crippen LogP contribution in [0, 0.1) is 5.82 Å². The fourth-order valence-electron chi connectivity index (χ4n) is 2.08. The lowest BCUT2D eigenvalue weighted by Crippen LogP contribution is -2.05. The van der Waals surface area contributed by atoms with Gasteiger partial charge < -0.3 is 14.0 Å². The third-order valence-corrected chi connectivity index (χ3v) is 3.63. The Morgan fingerprint density at radius 3 is 3.10 bits per heavy atom. The van der Waals surface area contributed by atoms with E-state index in [1.54, 1.807) is 16.8 Å². The standard InChI is InChI=1S/C13H10BrFN2O3/c1-19-13(18)10-6-17-2-3-20-11-5-9(15)8(14)4-7(11)12(17)16-10/h4-6H,2-3H2,1H3. The summed E-state index contributed by atoms with van der Waals surface area (Å²) in [5.74, 6) is 0.0521. The fraction of sp³-hybridized carbons (Fsp3) is 0.231. The van der Waals surface area contributed by atoms with Crippen molar-refractivity contribution in [1.29, 1.82) is 0 Å². The highest BCUT2D eigenvalue weighted by Crippen LogP contribution is 2.35. The van der Waals surface area contributed by atoms with Gasteiger partial charge in [0.1, 0.15) is 24.0 Å². The van der Waals surface area contributed by atoms with Gasteiger partial charge in [-0.1, -0.05) is 0 Å². The molecule has 0 aliphatic carbocycles. The maximum Gasteiger partial charge on any atom is 0.358 e. The van der Waals surface area contributed by atoms with Crippen LogP contribution in [0.2, 0.25) is 0 Å². The summed E-state index contributed by atoms with van der Waals surface area (Å²) in [4.78, 5) is 15.8. The average molecular weight is 341 g/mol. The minimum atomic E-state index is -0.505. The van der Waals surface area contributed by atoms with Crippen LogP contribution >= 0.6 is 15.9 Å². The fourth-order valence-corrected chi connectivity index (χ4v) is 2.42. The van der Waals surface area contributed by atoms with Crippen molar-refractivity contribution in [2.45, 2.75) is 6.54 Å². The maximum absolute atomic E-state index is 13.6. The molecule has 2 heterocycles. The van der Waals surface area contributed by atoms with Crippen molar-refractivity contribution in [1.82, 2.24) is 9.55 Å². The molecule has 1 aliphatic rings. The van der Waals surface area contributed by atoms with E-state index in [1.165, 1.54) is 13.2 Å². The summed E-state index contributed by atoms with van der Waals surface area (Å²) in [5, 5.41) is 0. The number of imidazole rings is 1. The van der Waals surface area contributed by atoms with Crippen molar-refractivity contribution in [3.05, 3.63) is 34.3 Å². The average Bonchev–Trinajstić information content (AvgIpc) is 2.79. The van der Waals surface area contributed by atoms with Crippen molar-refractivity contribution in [3.8, 4) is 17.1 Å². The highest BCUT2D eigenvalue weighted by atomic mass is 79.9. The molecule has 0 saturated carbocycles. The molecule has 0 radical (unpaired) electrons. The molecule has 0 fully saturated rings. The number of fused-ring (bicyclic) bond motifs is 3. The second-order valence-electron chi connectivity index (χ2n) is 4.25. The van der Waals surface area contributed by atoms with Gasteiger partial charge in [-0.2, -0.15) is 0 Å². The minimum Gasteiger partial charge on any atom is -0.491 e. The van der Waals surface area contributed by atoms with Gasteiger partial charge in [0.25, 0.3) is 0 Å². The molecule has 0 atom stereocenters. The molecule has 0 spiro atoms. The maximum atomic E-state index is 13.6. The van der Waals surface area contributed by atoms with Gasteiger partial charge in [-0.15, -0.1) is 0 Å². The molecular formula is C13H10BrFN2O3. The number of methoxy groups -OCH3 is 1. The number of rotatable bonds is 1. The normalized spacial score (nSPS) is 12.9. The van der Waals surface area contributed by atoms with E-state index >= 15 is 0 Å². The van der Waals surface area contributed by atoms with Crippen LogP contribution in [0.1, 0.15) is 10.5 Å². The van der Waals surface area contributed by atoms with Crippen LogP contribution < -0.4 is 4.74 Å². The number of carbonyl (C=O) groups excluding carboxylic acids is 1. The SMILES string of the molecule is COC(=O)c1cn2c(n1)-c1cc(Br)c(F)cc1OCC2. The first kappa shape index (κ1) is 13.1. The number of nitrogens with zero attached hydrogens (tertiary/aromatic N) is 2. The van der Waals surface area contributed by atoms with Gasteiger partial charge in [0, 0.05) is 12.3 Å². The summed E-state index contributed by atoms with van der Waals surface area (Å²) in [6.45, 7) is 0.894. The van der Waals surface area contributed by atoms with Crippen LogP contribution in [0.4, 0.5) is 4.39 Å². The summed E-state index contributed by atoms with van der Waals surface area (Å²) < 4.78 is 25.9. The summed E-state index contributed by atoms with van der Waals surface area (Å²) in [6, 6.07) is 2.90. The Kier molecular flexibility index (Phi) is 3.21. The molecule has 2 aromatic rings. The zero-order chi connectivity index (χ0) is 14.3. The zero-order valence-electron chi connectivity index (χ0n) is 10.5. The number of benzene rings is 1. The third-order valence-electron chi connectivity index (χ3n) is 3.02. The van der Waals surface area contributed by atoms with E-state index in [-0.39, 0.29) is 5.69 Å². The van der Waals surface area contributed by atoms with E-state index < -0.39 is 11.8 Å². The van der Waals surface area contributed by atoms with Crippen LogP contribution in [0.3, 0.4) is 0 Å². The van der Waals surface area contributed by atoms with Crippen LogP contribution in [0.15, 0.2) is 22.8 Å². The topological polar surface area (TPSA) is 53.4 Å². The van der Waals surface area contributed by atoms with Gasteiger partial charge >= 0.3 is 5.97 Å². The van der Waals surface area contributed by atoms with Crippen LogP contribution in [-0.4, -0.2) is 29.2 Å². The van der Waals surface area contributed by atoms with E-state index in [0.29, 0.717) is 34.8 Å². The lowest BCUT2D eigenvalue weighted by Gasteiger charge is -2.07. The lowest BCUT2D eigenvalue weighted by molar-refractivity contribution is 0.0594. The van der Waals surface area contributed by atoms with Gasteiger partial charge in [0.05, 0.1) is 23.7 Å². The van der Waals surface area contributed by atoms with Crippen LogP contribution in [0.25, 0.3) is 11.4 Å². The van der Waals surface area contributed by atoms with Crippen molar-refractivity contribution >= 4 is 21.9 Å². The Bertz CT molecular complexity index is 699. The van der Waals surface area contributed by atoms with Gasteiger partial charge in [0.2, 0.25) is 0 Å².